The lowest BCUT2D eigenvalue weighted by molar-refractivity contribution is 0.116. The SMILES string of the molecule is Cc1c(C[C@@H](C)OC(N)=O)cccc1-n1c(C)ccc1C. The van der Waals surface area contributed by atoms with Gasteiger partial charge in [0.05, 0.1) is 0 Å². The van der Waals surface area contributed by atoms with Crippen molar-refractivity contribution in [1.82, 2.24) is 4.57 Å². The maximum absolute atomic E-state index is 10.8. The number of carbonyl (C=O) groups is 1. The van der Waals surface area contributed by atoms with E-state index in [9.17, 15) is 4.79 Å². The van der Waals surface area contributed by atoms with E-state index in [2.05, 4.69) is 49.6 Å². The maximum Gasteiger partial charge on any atom is 0.404 e. The molecule has 2 rings (SSSR count). The van der Waals surface area contributed by atoms with E-state index in [-0.39, 0.29) is 6.10 Å². The third-order valence-corrected chi connectivity index (χ3v) is 3.75. The first kappa shape index (κ1) is 15.2. The Morgan fingerprint density at radius 2 is 1.81 bits per heavy atom. The minimum absolute atomic E-state index is 0.233. The third-order valence-electron chi connectivity index (χ3n) is 3.75. The van der Waals surface area contributed by atoms with Gasteiger partial charge in [0.15, 0.2) is 0 Å². The predicted octanol–water partition coefficient (Wildman–Crippen LogP) is 3.43. The van der Waals surface area contributed by atoms with Crippen LogP contribution in [0.1, 0.15) is 29.4 Å². The lowest BCUT2D eigenvalue weighted by Crippen LogP contribution is -2.22. The Balaban J connectivity index is 2.35. The number of aromatic nitrogens is 1. The van der Waals surface area contributed by atoms with Gasteiger partial charge in [-0.05, 0) is 57.0 Å². The number of rotatable bonds is 4. The molecule has 0 spiro atoms. The van der Waals surface area contributed by atoms with Crippen molar-refractivity contribution in [1.29, 1.82) is 0 Å². The summed E-state index contributed by atoms with van der Waals surface area (Å²) in [5.74, 6) is 0. The number of ether oxygens (including phenoxy) is 1. The van der Waals surface area contributed by atoms with E-state index >= 15 is 0 Å². The largest absolute Gasteiger partial charge is 0.446 e. The summed E-state index contributed by atoms with van der Waals surface area (Å²) in [6.45, 7) is 8.14. The van der Waals surface area contributed by atoms with Crippen molar-refractivity contribution in [3.63, 3.8) is 0 Å². The Labute approximate surface area is 125 Å². The smallest absolute Gasteiger partial charge is 0.404 e. The molecule has 4 heteroatoms. The number of nitrogens with two attached hydrogens (primary N) is 1. The molecule has 0 saturated heterocycles. The Kier molecular flexibility index (Phi) is 4.36. The zero-order valence-corrected chi connectivity index (χ0v) is 13.0. The Morgan fingerprint density at radius 1 is 1.19 bits per heavy atom. The monoisotopic (exact) mass is 286 g/mol. The quantitative estimate of drug-likeness (QED) is 0.936. The predicted molar refractivity (Wildman–Crippen MR) is 83.8 cm³/mol. The fourth-order valence-corrected chi connectivity index (χ4v) is 2.73. The van der Waals surface area contributed by atoms with Gasteiger partial charge >= 0.3 is 6.09 Å². The molecule has 0 aliphatic carbocycles. The number of hydrogen-bond acceptors (Lipinski definition) is 2. The van der Waals surface area contributed by atoms with Gasteiger partial charge in [0.1, 0.15) is 6.10 Å². The molecule has 1 aromatic carbocycles. The van der Waals surface area contributed by atoms with Gasteiger partial charge in [-0.1, -0.05) is 12.1 Å². The van der Waals surface area contributed by atoms with Crippen LogP contribution in [0.3, 0.4) is 0 Å². The van der Waals surface area contributed by atoms with Crippen LogP contribution < -0.4 is 5.73 Å². The summed E-state index contributed by atoms with van der Waals surface area (Å²) in [4.78, 5) is 10.8. The zero-order chi connectivity index (χ0) is 15.6. The molecular formula is C17H22N2O2. The van der Waals surface area contributed by atoms with Crippen LogP contribution in [-0.4, -0.2) is 16.8 Å². The van der Waals surface area contributed by atoms with Crippen molar-refractivity contribution >= 4 is 6.09 Å². The molecule has 2 N–H and O–H groups in total. The molecule has 21 heavy (non-hydrogen) atoms. The van der Waals surface area contributed by atoms with Crippen LogP contribution in [0.4, 0.5) is 4.79 Å². The number of hydrogen-bond donors (Lipinski definition) is 1. The highest BCUT2D eigenvalue weighted by Crippen LogP contribution is 2.23. The molecule has 0 unspecified atom stereocenters. The van der Waals surface area contributed by atoms with Crippen LogP contribution >= 0.6 is 0 Å². The summed E-state index contributed by atoms with van der Waals surface area (Å²) < 4.78 is 7.25. The number of amides is 1. The number of nitrogens with zero attached hydrogens (tertiary/aromatic N) is 1. The Bertz CT molecular complexity index is 639. The summed E-state index contributed by atoms with van der Waals surface area (Å²) >= 11 is 0. The summed E-state index contributed by atoms with van der Waals surface area (Å²) in [6.07, 6.45) is -0.307. The van der Waals surface area contributed by atoms with E-state index in [0.29, 0.717) is 6.42 Å². The number of aryl methyl sites for hydroxylation is 2. The molecule has 2 aromatic rings. The third kappa shape index (κ3) is 3.27. The topological polar surface area (TPSA) is 57.2 Å². The van der Waals surface area contributed by atoms with Gasteiger partial charge in [0.25, 0.3) is 0 Å². The second-order valence-electron chi connectivity index (χ2n) is 5.46. The van der Waals surface area contributed by atoms with Gasteiger partial charge in [-0.3, -0.25) is 0 Å². The molecule has 0 aliphatic heterocycles. The molecule has 0 radical (unpaired) electrons. The number of benzene rings is 1. The highest BCUT2D eigenvalue weighted by Gasteiger charge is 2.13. The summed E-state index contributed by atoms with van der Waals surface area (Å²) in [7, 11) is 0. The molecule has 0 fully saturated rings. The van der Waals surface area contributed by atoms with Gasteiger partial charge in [-0.25, -0.2) is 4.79 Å². The first-order chi connectivity index (χ1) is 9.90. The van der Waals surface area contributed by atoms with Crippen molar-refractivity contribution in [3.8, 4) is 5.69 Å². The first-order valence-corrected chi connectivity index (χ1v) is 7.10. The zero-order valence-electron chi connectivity index (χ0n) is 13.0. The van der Waals surface area contributed by atoms with Crippen LogP contribution in [0.5, 0.6) is 0 Å². The molecular weight excluding hydrogens is 264 g/mol. The molecule has 0 bridgehead atoms. The van der Waals surface area contributed by atoms with Gasteiger partial charge in [-0.15, -0.1) is 0 Å². The van der Waals surface area contributed by atoms with Crippen LogP contribution in [0.2, 0.25) is 0 Å². The van der Waals surface area contributed by atoms with Crippen LogP contribution in [0.25, 0.3) is 5.69 Å². The lowest BCUT2D eigenvalue weighted by Gasteiger charge is -2.18. The average Bonchev–Trinajstić information content (AvgIpc) is 2.71. The highest BCUT2D eigenvalue weighted by molar-refractivity contribution is 5.64. The summed E-state index contributed by atoms with van der Waals surface area (Å²) in [5, 5.41) is 0. The number of primary amides is 1. The van der Waals surface area contributed by atoms with E-state index in [1.165, 1.54) is 22.6 Å². The van der Waals surface area contributed by atoms with Crippen molar-refractivity contribution in [2.45, 2.75) is 40.2 Å². The van der Waals surface area contributed by atoms with E-state index in [1.54, 1.807) is 0 Å². The Hall–Kier alpha value is -2.23. The van der Waals surface area contributed by atoms with Crippen LogP contribution in [-0.2, 0) is 11.2 Å². The van der Waals surface area contributed by atoms with Gasteiger partial charge in [-0.2, -0.15) is 0 Å². The minimum atomic E-state index is -0.728. The van der Waals surface area contributed by atoms with Gasteiger partial charge in [0, 0.05) is 23.5 Å². The standard InChI is InChI=1S/C17H22N2O2/c1-11-8-9-12(2)19(11)16-7-5-6-15(14(16)4)10-13(3)21-17(18)20/h5-9,13H,10H2,1-4H3,(H2,18,20)/t13-/m1/s1. The normalized spacial score (nSPS) is 12.2. The summed E-state index contributed by atoms with van der Waals surface area (Å²) in [5.41, 5.74) is 11.0. The van der Waals surface area contributed by atoms with Gasteiger partial charge in [0.2, 0.25) is 0 Å². The highest BCUT2D eigenvalue weighted by atomic mass is 16.6. The van der Waals surface area contributed by atoms with E-state index in [1.807, 2.05) is 13.0 Å². The lowest BCUT2D eigenvalue weighted by atomic mass is 10.0. The molecule has 0 aliphatic rings. The molecule has 1 atom stereocenters. The second kappa shape index (κ2) is 6.04. The van der Waals surface area contributed by atoms with Crippen LogP contribution in [0.15, 0.2) is 30.3 Å². The van der Waals surface area contributed by atoms with Crippen molar-refractivity contribution in [2.75, 3.05) is 0 Å². The molecule has 1 amide bonds. The molecule has 1 heterocycles. The van der Waals surface area contributed by atoms with E-state index < -0.39 is 6.09 Å². The van der Waals surface area contributed by atoms with Crippen molar-refractivity contribution in [2.24, 2.45) is 5.73 Å². The summed E-state index contributed by atoms with van der Waals surface area (Å²) in [6, 6.07) is 10.4. The first-order valence-electron chi connectivity index (χ1n) is 7.10. The second-order valence-corrected chi connectivity index (χ2v) is 5.46. The van der Waals surface area contributed by atoms with Crippen molar-refractivity contribution < 1.29 is 9.53 Å². The van der Waals surface area contributed by atoms with Gasteiger partial charge < -0.3 is 15.0 Å². The number of carbonyl (C=O) groups excluding carboxylic acids is 1. The molecule has 4 nitrogen and oxygen atoms in total. The van der Waals surface area contributed by atoms with Crippen LogP contribution in [0, 0.1) is 20.8 Å². The molecule has 1 aromatic heterocycles. The molecule has 0 saturated carbocycles. The Morgan fingerprint density at radius 3 is 2.38 bits per heavy atom. The minimum Gasteiger partial charge on any atom is -0.446 e. The fourth-order valence-electron chi connectivity index (χ4n) is 2.73. The fraction of sp³-hybridized carbons (Fsp3) is 0.353. The average molecular weight is 286 g/mol. The van der Waals surface area contributed by atoms with Crippen molar-refractivity contribution in [3.05, 3.63) is 52.8 Å². The van der Waals surface area contributed by atoms with E-state index in [0.717, 1.165) is 5.56 Å². The maximum atomic E-state index is 10.8. The molecule has 112 valence electrons. The van der Waals surface area contributed by atoms with E-state index in [4.69, 9.17) is 10.5 Å².